The van der Waals surface area contributed by atoms with E-state index >= 15 is 0 Å². The van der Waals surface area contributed by atoms with Crippen molar-refractivity contribution in [3.63, 3.8) is 0 Å². The maximum Gasteiger partial charge on any atom is 0.198 e. The second kappa shape index (κ2) is 9.36. The zero-order valence-corrected chi connectivity index (χ0v) is 15.3. The van der Waals surface area contributed by atoms with Crippen molar-refractivity contribution in [1.82, 2.24) is 5.32 Å². The summed E-state index contributed by atoms with van der Waals surface area (Å²) in [5, 5.41) is 13.5. The Balaban J connectivity index is 1.54. The van der Waals surface area contributed by atoms with Crippen LogP contribution in [0.2, 0.25) is 0 Å². The molecule has 138 valence electrons. The maximum absolute atomic E-state index is 10.2. The molecule has 5 heteroatoms. The number of aliphatic imine (C=N–C) groups is 1. The Morgan fingerprint density at radius 3 is 2.77 bits per heavy atom. The summed E-state index contributed by atoms with van der Waals surface area (Å²) >= 11 is 0. The van der Waals surface area contributed by atoms with E-state index in [0.29, 0.717) is 13.2 Å². The minimum Gasteiger partial charge on any atom is -0.389 e. The van der Waals surface area contributed by atoms with E-state index in [9.17, 15) is 5.11 Å². The van der Waals surface area contributed by atoms with Crippen LogP contribution in [0.3, 0.4) is 0 Å². The van der Waals surface area contributed by atoms with Gasteiger partial charge in [0.05, 0.1) is 25.9 Å². The van der Waals surface area contributed by atoms with Crippen LogP contribution in [0.4, 0.5) is 5.69 Å². The smallest absolute Gasteiger partial charge is 0.198 e. The number of aliphatic hydroxyl groups excluding tert-OH is 1. The summed E-state index contributed by atoms with van der Waals surface area (Å²) in [7, 11) is 0. The molecule has 0 aliphatic carbocycles. The molecule has 0 amide bonds. The molecular formula is C21H27N3O2. The number of fused-ring (bicyclic) bond motifs is 1. The topological polar surface area (TPSA) is 57.1 Å². The van der Waals surface area contributed by atoms with Crippen molar-refractivity contribution in [3.05, 3.63) is 65.7 Å². The van der Waals surface area contributed by atoms with Gasteiger partial charge >= 0.3 is 0 Å². The van der Waals surface area contributed by atoms with Crippen molar-refractivity contribution >= 4 is 11.6 Å². The monoisotopic (exact) mass is 353 g/mol. The molecule has 5 nitrogen and oxygen atoms in total. The van der Waals surface area contributed by atoms with Crippen LogP contribution in [-0.2, 0) is 17.8 Å². The highest BCUT2D eigenvalue weighted by atomic mass is 16.5. The molecule has 1 aliphatic rings. The van der Waals surface area contributed by atoms with Crippen molar-refractivity contribution in [1.29, 1.82) is 0 Å². The van der Waals surface area contributed by atoms with E-state index in [0.717, 1.165) is 31.0 Å². The highest BCUT2D eigenvalue weighted by molar-refractivity contribution is 5.97. The van der Waals surface area contributed by atoms with Crippen molar-refractivity contribution in [2.45, 2.75) is 26.1 Å². The molecule has 2 N–H and O–H groups in total. The Bertz CT molecular complexity index is 718. The van der Waals surface area contributed by atoms with E-state index < -0.39 is 6.10 Å². The molecule has 2 aromatic carbocycles. The van der Waals surface area contributed by atoms with E-state index in [-0.39, 0.29) is 6.61 Å². The van der Waals surface area contributed by atoms with Crippen molar-refractivity contribution in [3.8, 4) is 0 Å². The van der Waals surface area contributed by atoms with Crippen LogP contribution in [0.15, 0.2) is 59.6 Å². The van der Waals surface area contributed by atoms with Crippen LogP contribution in [0, 0.1) is 0 Å². The van der Waals surface area contributed by atoms with E-state index in [1.807, 2.05) is 36.4 Å². The summed E-state index contributed by atoms with van der Waals surface area (Å²) in [4.78, 5) is 6.81. The second-order valence-corrected chi connectivity index (χ2v) is 6.38. The number of guanidine groups is 1. The highest BCUT2D eigenvalue weighted by Crippen LogP contribution is 2.27. The van der Waals surface area contributed by atoms with Gasteiger partial charge in [-0.05, 0) is 30.5 Å². The van der Waals surface area contributed by atoms with Crippen LogP contribution < -0.4 is 10.2 Å². The third-order valence-electron chi connectivity index (χ3n) is 4.35. The average molecular weight is 353 g/mol. The Kier molecular flexibility index (Phi) is 6.63. The molecule has 0 fully saturated rings. The molecule has 0 saturated carbocycles. The molecule has 1 atom stereocenters. The second-order valence-electron chi connectivity index (χ2n) is 6.38. The molecule has 0 bridgehead atoms. The number of hydrogen-bond acceptors (Lipinski definition) is 3. The predicted octanol–water partition coefficient (Wildman–Crippen LogP) is 2.59. The van der Waals surface area contributed by atoms with Gasteiger partial charge < -0.3 is 20.1 Å². The molecule has 1 unspecified atom stereocenters. The molecule has 0 saturated heterocycles. The van der Waals surface area contributed by atoms with Gasteiger partial charge in [0, 0.05) is 18.8 Å². The molecule has 1 heterocycles. The fraction of sp³-hybridized carbons (Fsp3) is 0.381. The largest absolute Gasteiger partial charge is 0.389 e. The predicted molar refractivity (Wildman–Crippen MR) is 106 cm³/mol. The normalized spacial score (nSPS) is 15.0. The summed E-state index contributed by atoms with van der Waals surface area (Å²) in [5.41, 5.74) is 3.64. The Labute approximate surface area is 155 Å². The highest BCUT2D eigenvalue weighted by Gasteiger charge is 2.22. The fourth-order valence-corrected chi connectivity index (χ4v) is 3.08. The van der Waals surface area contributed by atoms with Gasteiger partial charge in [0.15, 0.2) is 5.96 Å². The molecule has 0 aromatic heterocycles. The molecule has 26 heavy (non-hydrogen) atoms. The lowest BCUT2D eigenvalue weighted by atomic mass is 10.2. The van der Waals surface area contributed by atoms with Crippen LogP contribution in [0.1, 0.15) is 18.1 Å². The quantitative estimate of drug-likeness (QED) is 0.593. The first-order valence-electron chi connectivity index (χ1n) is 9.21. The van der Waals surface area contributed by atoms with Gasteiger partial charge in [-0.15, -0.1) is 0 Å². The van der Waals surface area contributed by atoms with Gasteiger partial charge in [0.2, 0.25) is 0 Å². The molecule has 0 spiro atoms. The van der Waals surface area contributed by atoms with E-state index in [2.05, 4.69) is 40.3 Å². The molecule has 1 aliphatic heterocycles. The van der Waals surface area contributed by atoms with E-state index in [1.165, 1.54) is 11.3 Å². The lowest BCUT2D eigenvalue weighted by Crippen LogP contribution is -2.41. The van der Waals surface area contributed by atoms with Crippen LogP contribution in [0.5, 0.6) is 0 Å². The van der Waals surface area contributed by atoms with Gasteiger partial charge in [-0.25, -0.2) is 0 Å². The number of ether oxygens (including phenoxy) is 1. The van der Waals surface area contributed by atoms with Crippen LogP contribution in [0.25, 0.3) is 0 Å². The van der Waals surface area contributed by atoms with Crippen LogP contribution >= 0.6 is 0 Å². The Morgan fingerprint density at radius 1 is 1.19 bits per heavy atom. The van der Waals surface area contributed by atoms with Gasteiger partial charge in [-0.1, -0.05) is 48.5 Å². The third-order valence-corrected chi connectivity index (χ3v) is 4.35. The summed E-state index contributed by atoms with van der Waals surface area (Å²) in [5.74, 6) is 0.819. The third kappa shape index (κ3) is 4.84. The van der Waals surface area contributed by atoms with E-state index in [4.69, 9.17) is 4.74 Å². The summed E-state index contributed by atoms with van der Waals surface area (Å²) in [6.07, 6.45) is 0.397. The van der Waals surface area contributed by atoms with Crippen molar-refractivity contribution in [2.75, 3.05) is 31.1 Å². The number of benzene rings is 2. The molecular weight excluding hydrogens is 326 g/mol. The first-order valence-corrected chi connectivity index (χ1v) is 9.21. The van der Waals surface area contributed by atoms with Crippen molar-refractivity contribution < 1.29 is 9.84 Å². The van der Waals surface area contributed by atoms with Crippen LogP contribution in [-0.4, -0.2) is 43.4 Å². The standard InChI is InChI=1S/C21H27N3O2/c1-2-22-21(24-13-12-18-10-6-7-11-20(18)24)23-14-19(25)16-26-15-17-8-4-3-5-9-17/h3-11,19,25H,2,12-16H2,1H3,(H,22,23). The summed E-state index contributed by atoms with van der Waals surface area (Å²) in [6.45, 7) is 4.84. The fourth-order valence-electron chi connectivity index (χ4n) is 3.08. The van der Waals surface area contributed by atoms with Gasteiger partial charge in [0.1, 0.15) is 0 Å². The number of nitrogens with zero attached hydrogens (tertiary/aromatic N) is 2. The lowest BCUT2D eigenvalue weighted by Gasteiger charge is -2.22. The Morgan fingerprint density at radius 2 is 1.96 bits per heavy atom. The van der Waals surface area contributed by atoms with Gasteiger partial charge in [-0.3, -0.25) is 4.99 Å². The van der Waals surface area contributed by atoms with Crippen molar-refractivity contribution in [2.24, 2.45) is 4.99 Å². The first-order chi connectivity index (χ1) is 12.8. The number of nitrogens with one attached hydrogen (secondary N) is 1. The number of hydrogen-bond donors (Lipinski definition) is 2. The SMILES string of the molecule is CCNC(=NCC(O)COCc1ccccc1)N1CCc2ccccc21. The average Bonchev–Trinajstić information content (AvgIpc) is 3.10. The lowest BCUT2D eigenvalue weighted by molar-refractivity contribution is 0.0331. The number of rotatable bonds is 7. The summed E-state index contributed by atoms with van der Waals surface area (Å²) < 4.78 is 5.60. The zero-order chi connectivity index (χ0) is 18.2. The summed E-state index contributed by atoms with van der Waals surface area (Å²) in [6, 6.07) is 18.4. The molecule has 3 rings (SSSR count). The number of aliphatic hydroxyl groups is 1. The van der Waals surface area contributed by atoms with Gasteiger partial charge in [0.25, 0.3) is 0 Å². The maximum atomic E-state index is 10.2. The van der Waals surface area contributed by atoms with Gasteiger partial charge in [-0.2, -0.15) is 0 Å². The minimum absolute atomic E-state index is 0.272. The zero-order valence-electron chi connectivity index (χ0n) is 15.3. The molecule has 0 radical (unpaired) electrons. The number of para-hydroxylation sites is 1. The minimum atomic E-state index is -0.620. The van der Waals surface area contributed by atoms with E-state index in [1.54, 1.807) is 0 Å². The number of anilines is 1. The molecule has 2 aromatic rings. The first kappa shape index (κ1) is 18.4. The Hall–Kier alpha value is -2.37.